The van der Waals surface area contributed by atoms with Crippen molar-refractivity contribution in [1.82, 2.24) is 20.4 Å². The Labute approximate surface area is 154 Å². The average molecular weight is 376 g/mol. The zero-order valence-electron chi connectivity index (χ0n) is 16.6. The number of nitrogens with one attached hydrogen (secondary N) is 2. The molecule has 0 saturated carbocycles. The molecule has 1 rings (SSSR count). The molecule has 0 radical (unpaired) electrons. The van der Waals surface area contributed by atoms with E-state index in [1.54, 1.807) is 0 Å². The summed E-state index contributed by atoms with van der Waals surface area (Å²) < 4.78 is 22.9. The van der Waals surface area contributed by atoms with E-state index in [0.717, 1.165) is 32.1 Å². The van der Waals surface area contributed by atoms with Crippen molar-refractivity contribution in [2.24, 2.45) is 4.99 Å². The summed E-state index contributed by atoms with van der Waals surface area (Å²) in [7, 11) is -2.81. The number of hydrogen-bond acceptors (Lipinski definition) is 5. The number of nitrogens with zero attached hydrogens (tertiary/aromatic N) is 3. The van der Waals surface area contributed by atoms with Gasteiger partial charge in [-0.2, -0.15) is 0 Å². The van der Waals surface area contributed by atoms with E-state index in [2.05, 4.69) is 60.0 Å². The summed E-state index contributed by atoms with van der Waals surface area (Å²) in [6, 6.07) is 1.05. The first-order valence-electron chi connectivity index (χ1n) is 9.46. The summed E-state index contributed by atoms with van der Waals surface area (Å²) >= 11 is 0. The van der Waals surface area contributed by atoms with Crippen molar-refractivity contribution < 1.29 is 8.42 Å². The van der Waals surface area contributed by atoms with Gasteiger partial charge in [-0.05, 0) is 34.6 Å². The molecular formula is C17H37N5O2S. The predicted octanol–water partition coefficient (Wildman–Crippen LogP) is 0.391. The Kier molecular flexibility index (Phi) is 9.74. The van der Waals surface area contributed by atoms with Crippen LogP contribution in [0, 0.1) is 0 Å². The van der Waals surface area contributed by atoms with E-state index in [0.29, 0.717) is 31.7 Å². The lowest BCUT2D eigenvalue weighted by atomic mass is 10.2. The topological polar surface area (TPSA) is 77.0 Å². The van der Waals surface area contributed by atoms with Crippen molar-refractivity contribution >= 4 is 15.8 Å². The van der Waals surface area contributed by atoms with Gasteiger partial charge in [-0.25, -0.2) is 8.42 Å². The summed E-state index contributed by atoms with van der Waals surface area (Å²) in [4.78, 5) is 9.24. The SMILES string of the molecule is CCNC(=NCCN1CCS(=O)(=O)CC1)NCCN(C(C)C)C(C)C. The fraction of sp³-hybridized carbons (Fsp3) is 0.941. The van der Waals surface area contributed by atoms with Gasteiger partial charge in [-0.1, -0.05) is 0 Å². The van der Waals surface area contributed by atoms with E-state index < -0.39 is 9.84 Å². The highest BCUT2D eigenvalue weighted by molar-refractivity contribution is 7.91. The fourth-order valence-electron chi connectivity index (χ4n) is 3.03. The zero-order chi connectivity index (χ0) is 18.9. The van der Waals surface area contributed by atoms with Gasteiger partial charge < -0.3 is 10.6 Å². The molecule has 1 aliphatic rings. The fourth-order valence-corrected chi connectivity index (χ4v) is 4.31. The monoisotopic (exact) mass is 375 g/mol. The number of rotatable bonds is 9. The van der Waals surface area contributed by atoms with E-state index in [4.69, 9.17) is 0 Å². The predicted molar refractivity (Wildman–Crippen MR) is 106 cm³/mol. The second-order valence-electron chi connectivity index (χ2n) is 7.11. The van der Waals surface area contributed by atoms with Crippen LogP contribution >= 0.6 is 0 Å². The molecule has 0 atom stereocenters. The molecule has 0 amide bonds. The highest BCUT2D eigenvalue weighted by Gasteiger charge is 2.20. The van der Waals surface area contributed by atoms with Crippen LogP contribution < -0.4 is 10.6 Å². The van der Waals surface area contributed by atoms with Crippen molar-refractivity contribution in [3.63, 3.8) is 0 Å². The van der Waals surface area contributed by atoms with Gasteiger partial charge in [-0.15, -0.1) is 0 Å². The second-order valence-corrected chi connectivity index (χ2v) is 9.41. The smallest absolute Gasteiger partial charge is 0.191 e. The number of aliphatic imine (C=N–C) groups is 1. The van der Waals surface area contributed by atoms with Crippen LogP contribution in [0.25, 0.3) is 0 Å². The van der Waals surface area contributed by atoms with Gasteiger partial charge in [0.2, 0.25) is 0 Å². The Morgan fingerprint density at radius 1 is 1.12 bits per heavy atom. The van der Waals surface area contributed by atoms with Crippen molar-refractivity contribution in [1.29, 1.82) is 0 Å². The average Bonchev–Trinajstić information content (AvgIpc) is 2.52. The van der Waals surface area contributed by atoms with Gasteiger partial charge >= 0.3 is 0 Å². The van der Waals surface area contributed by atoms with E-state index in [9.17, 15) is 8.42 Å². The molecule has 2 N–H and O–H groups in total. The van der Waals surface area contributed by atoms with E-state index in [1.165, 1.54) is 0 Å². The van der Waals surface area contributed by atoms with Crippen LogP contribution in [0.5, 0.6) is 0 Å². The van der Waals surface area contributed by atoms with Gasteiger partial charge in [0, 0.05) is 51.4 Å². The van der Waals surface area contributed by atoms with Crippen LogP contribution in [-0.2, 0) is 9.84 Å². The Morgan fingerprint density at radius 2 is 1.72 bits per heavy atom. The standard InChI is InChI=1S/C17H37N5O2S/c1-6-18-17(20-8-10-22(15(2)3)16(4)5)19-7-9-21-11-13-25(23,24)14-12-21/h15-16H,6-14H2,1-5H3,(H2,18,19,20). The van der Waals surface area contributed by atoms with Gasteiger partial charge in [0.15, 0.2) is 15.8 Å². The summed E-state index contributed by atoms with van der Waals surface area (Å²) in [5.74, 6) is 1.38. The van der Waals surface area contributed by atoms with Gasteiger partial charge in [-0.3, -0.25) is 14.8 Å². The van der Waals surface area contributed by atoms with Crippen LogP contribution in [0.3, 0.4) is 0 Å². The number of sulfone groups is 1. The van der Waals surface area contributed by atoms with Crippen LogP contribution in [0.1, 0.15) is 34.6 Å². The summed E-state index contributed by atoms with van der Waals surface area (Å²) in [6.45, 7) is 16.3. The number of hydrogen-bond donors (Lipinski definition) is 2. The second kappa shape index (κ2) is 11.0. The van der Waals surface area contributed by atoms with Crippen LogP contribution in [-0.4, -0.2) is 93.6 Å². The molecule has 148 valence electrons. The van der Waals surface area contributed by atoms with E-state index in [-0.39, 0.29) is 11.5 Å². The summed E-state index contributed by atoms with van der Waals surface area (Å²) in [5.41, 5.74) is 0. The Bertz CT molecular complexity index is 483. The number of guanidine groups is 1. The minimum Gasteiger partial charge on any atom is -0.357 e. The summed E-state index contributed by atoms with van der Waals surface area (Å²) in [6.07, 6.45) is 0. The third kappa shape index (κ3) is 8.87. The molecule has 0 bridgehead atoms. The summed E-state index contributed by atoms with van der Waals surface area (Å²) in [5, 5.41) is 6.67. The highest BCUT2D eigenvalue weighted by atomic mass is 32.2. The third-order valence-electron chi connectivity index (χ3n) is 4.46. The highest BCUT2D eigenvalue weighted by Crippen LogP contribution is 2.04. The molecule has 1 fully saturated rings. The van der Waals surface area contributed by atoms with Crippen molar-refractivity contribution in [2.75, 3.05) is 57.3 Å². The van der Waals surface area contributed by atoms with Gasteiger partial charge in [0.1, 0.15) is 0 Å². The molecular weight excluding hydrogens is 338 g/mol. The lowest BCUT2D eigenvalue weighted by Gasteiger charge is -2.30. The molecule has 25 heavy (non-hydrogen) atoms. The Hall–Kier alpha value is -0.860. The lowest BCUT2D eigenvalue weighted by molar-refractivity contribution is 0.178. The normalized spacial score (nSPS) is 19.0. The molecule has 1 aliphatic heterocycles. The quantitative estimate of drug-likeness (QED) is 0.448. The maximum atomic E-state index is 11.5. The van der Waals surface area contributed by atoms with Crippen molar-refractivity contribution in [2.45, 2.75) is 46.7 Å². The lowest BCUT2D eigenvalue weighted by Crippen LogP contribution is -2.45. The largest absolute Gasteiger partial charge is 0.357 e. The zero-order valence-corrected chi connectivity index (χ0v) is 17.4. The molecule has 0 aromatic heterocycles. The molecule has 1 saturated heterocycles. The molecule has 0 aliphatic carbocycles. The maximum absolute atomic E-state index is 11.5. The first-order chi connectivity index (χ1) is 11.7. The minimum atomic E-state index is -2.81. The van der Waals surface area contributed by atoms with E-state index >= 15 is 0 Å². The van der Waals surface area contributed by atoms with Crippen LogP contribution in [0.2, 0.25) is 0 Å². The Balaban J connectivity index is 2.38. The molecule has 0 unspecified atom stereocenters. The van der Waals surface area contributed by atoms with Gasteiger partial charge in [0.25, 0.3) is 0 Å². The molecule has 1 heterocycles. The molecule has 8 heteroatoms. The first kappa shape index (κ1) is 22.2. The first-order valence-corrected chi connectivity index (χ1v) is 11.3. The van der Waals surface area contributed by atoms with Crippen molar-refractivity contribution in [3.8, 4) is 0 Å². The maximum Gasteiger partial charge on any atom is 0.191 e. The Morgan fingerprint density at radius 3 is 2.24 bits per heavy atom. The third-order valence-corrected chi connectivity index (χ3v) is 6.07. The van der Waals surface area contributed by atoms with Crippen LogP contribution in [0.4, 0.5) is 0 Å². The van der Waals surface area contributed by atoms with Crippen molar-refractivity contribution in [3.05, 3.63) is 0 Å². The van der Waals surface area contributed by atoms with E-state index in [1.807, 2.05) is 0 Å². The van der Waals surface area contributed by atoms with Gasteiger partial charge in [0.05, 0.1) is 18.1 Å². The molecule has 0 aromatic rings. The minimum absolute atomic E-state index is 0.273. The molecule has 0 aromatic carbocycles. The molecule has 7 nitrogen and oxygen atoms in total. The van der Waals surface area contributed by atoms with Crippen LogP contribution in [0.15, 0.2) is 4.99 Å². The molecule has 0 spiro atoms.